The van der Waals surface area contributed by atoms with Gasteiger partial charge in [0, 0.05) is 0 Å². The van der Waals surface area contributed by atoms with Gasteiger partial charge in [0.2, 0.25) is 15.9 Å². The molecule has 0 radical (unpaired) electrons. The quantitative estimate of drug-likeness (QED) is 0.745. The van der Waals surface area contributed by atoms with E-state index in [2.05, 4.69) is 5.32 Å². The van der Waals surface area contributed by atoms with Crippen molar-refractivity contribution in [3.8, 4) is 5.75 Å². The summed E-state index contributed by atoms with van der Waals surface area (Å²) < 4.78 is 31.7. The van der Waals surface area contributed by atoms with Crippen molar-refractivity contribution in [1.82, 2.24) is 5.32 Å². The molecule has 0 unspecified atom stereocenters. The average molecular weight is 419 g/mol. The smallest absolute Gasteiger partial charge is 0.244 e. The molecule has 6 nitrogen and oxygen atoms in total. The number of methoxy groups -OCH3 is 1. The molecular formula is C22H30N2O4S. The van der Waals surface area contributed by atoms with Crippen LogP contribution >= 0.6 is 0 Å². The molecule has 7 heteroatoms. The van der Waals surface area contributed by atoms with Crippen molar-refractivity contribution >= 4 is 21.6 Å². The Morgan fingerprint density at radius 3 is 2.21 bits per heavy atom. The number of rotatable bonds is 7. The van der Waals surface area contributed by atoms with Crippen LogP contribution in [0.3, 0.4) is 0 Å². The number of nitrogens with one attached hydrogen (secondary N) is 1. The van der Waals surface area contributed by atoms with Crippen LogP contribution in [-0.2, 0) is 14.8 Å². The minimum atomic E-state index is -3.73. The lowest BCUT2D eigenvalue weighted by Crippen LogP contribution is -2.48. The van der Waals surface area contributed by atoms with Gasteiger partial charge in [-0.25, -0.2) is 8.42 Å². The van der Waals surface area contributed by atoms with Gasteiger partial charge in [-0.05, 0) is 63.4 Å². The molecule has 0 aliphatic carbocycles. The second-order valence-corrected chi connectivity index (χ2v) is 9.36. The molecule has 29 heavy (non-hydrogen) atoms. The van der Waals surface area contributed by atoms with Crippen LogP contribution in [0.5, 0.6) is 5.75 Å². The summed E-state index contributed by atoms with van der Waals surface area (Å²) >= 11 is 0. The molecule has 0 heterocycles. The monoisotopic (exact) mass is 418 g/mol. The van der Waals surface area contributed by atoms with Crippen LogP contribution in [0.2, 0.25) is 0 Å². The first kappa shape index (κ1) is 22.7. The minimum Gasteiger partial charge on any atom is -0.495 e. The first-order chi connectivity index (χ1) is 13.5. The van der Waals surface area contributed by atoms with E-state index in [4.69, 9.17) is 4.74 Å². The summed E-state index contributed by atoms with van der Waals surface area (Å²) in [6, 6.07) is 10.1. The molecule has 0 saturated heterocycles. The largest absolute Gasteiger partial charge is 0.495 e. The molecule has 0 fully saturated rings. The fraction of sp³-hybridized carbons (Fsp3) is 0.409. The van der Waals surface area contributed by atoms with Crippen LogP contribution < -0.4 is 14.4 Å². The number of hydrogen-bond acceptors (Lipinski definition) is 4. The summed E-state index contributed by atoms with van der Waals surface area (Å²) in [5.41, 5.74) is 4.38. The summed E-state index contributed by atoms with van der Waals surface area (Å²) in [5.74, 6) is 0.00985. The third kappa shape index (κ3) is 5.29. The van der Waals surface area contributed by atoms with Crippen molar-refractivity contribution < 1.29 is 17.9 Å². The molecule has 158 valence electrons. The molecule has 2 atom stereocenters. The number of sulfonamides is 1. The molecule has 0 bridgehead atoms. The molecule has 0 saturated carbocycles. The minimum absolute atomic E-state index is 0.259. The van der Waals surface area contributed by atoms with E-state index in [1.54, 1.807) is 19.1 Å². The van der Waals surface area contributed by atoms with Gasteiger partial charge in [-0.15, -0.1) is 0 Å². The van der Waals surface area contributed by atoms with Gasteiger partial charge in [0.25, 0.3) is 0 Å². The lowest BCUT2D eigenvalue weighted by Gasteiger charge is -2.30. The van der Waals surface area contributed by atoms with Crippen LogP contribution in [0.4, 0.5) is 5.69 Å². The van der Waals surface area contributed by atoms with Gasteiger partial charge >= 0.3 is 0 Å². The molecule has 0 aliphatic rings. The third-order valence-electron chi connectivity index (χ3n) is 4.92. The van der Waals surface area contributed by atoms with Gasteiger partial charge in [-0.2, -0.15) is 0 Å². The van der Waals surface area contributed by atoms with Gasteiger partial charge in [0.15, 0.2) is 0 Å². The number of carbonyl (C=O) groups excluding carboxylic acids is 1. The van der Waals surface area contributed by atoms with E-state index < -0.39 is 16.1 Å². The molecule has 1 amide bonds. The van der Waals surface area contributed by atoms with Crippen molar-refractivity contribution in [1.29, 1.82) is 0 Å². The second kappa shape index (κ2) is 8.86. The van der Waals surface area contributed by atoms with Crippen LogP contribution in [0, 0.1) is 20.8 Å². The summed E-state index contributed by atoms with van der Waals surface area (Å²) in [5, 5.41) is 2.95. The summed E-state index contributed by atoms with van der Waals surface area (Å²) in [6.45, 7) is 9.31. The number of carbonyl (C=O) groups is 1. The molecule has 0 spiro atoms. The summed E-state index contributed by atoms with van der Waals surface area (Å²) in [7, 11) is -2.26. The Morgan fingerprint density at radius 1 is 1.03 bits per heavy atom. The van der Waals surface area contributed by atoms with E-state index in [1.807, 2.05) is 52.0 Å². The standard InChI is InChI=1S/C22H30N2O4S/c1-14-8-10-16(3)19(12-14)17(4)23-22(25)18(5)24(29(7,26)27)20-13-15(2)9-11-21(20)28-6/h8-13,17-18H,1-7H3,(H,23,25)/t17-,18-/m1/s1. The van der Waals surface area contributed by atoms with Crippen LogP contribution in [-0.4, -0.2) is 33.7 Å². The van der Waals surface area contributed by atoms with Crippen molar-refractivity contribution in [2.45, 2.75) is 46.7 Å². The third-order valence-corrected chi connectivity index (χ3v) is 6.15. The van der Waals surface area contributed by atoms with Crippen LogP contribution in [0.25, 0.3) is 0 Å². The number of benzene rings is 2. The average Bonchev–Trinajstić information content (AvgIpc) is 2.62. The Balaban J connectivity index is 2.37. The van der Waals surface area contributed by atoms with E-state index in [-0.39, 0.29) is 11.9 Å². The number of aryl methyl sites for hydroxylation is 3. The normalized spacial score (nSPS) is 13.5. The first-order valence-electron chi connectivity index (χ1n) is 9.47. The maximum Gasteiger partial charge on any atom is 0.244 e. The number of ether oxygens (including phenoxy) is 1. The van der Waals surface area contributed by atoms with Gasteiger partial charge < -0.3 is 10.1 Å². The van der Waals surface area contributed by atoms with Crippen molar-refractivity contribution in [2.24, 2.45) is 0 Å². The molecule has 2 rings (SSSR count). The first-order valence-corrected chi connectivity index (χ1v) is 11.3. The highest BCUT2D eigenvalue weighted by Gasteiger charge is 2.32. The summed E-state index contributed by atoms with van der Waals surface area (Å²) in [4.78, 5) is 13.0. The molecule has 0 aliphatic heterocycles. The lowest BCUT2D eigenvalue weighted by atomic mass is 10.00. The Bertz CT molecular complexity index is 1000. The maximum absolute atomic E-state index is 13.0. The van der Waals surface area contributed by atoms with Crippen molar-refractivity contribution in [3.63, 3.8) is 0 Å². The number of nitrogens with zero attached hydrogens (tertiary/aromatic N) is 1. The van der Waals surface area contributed by atoms with E-state index in [9.17, 15) is 13.2 Å². The van der Waals surface area contributed by atoms with E-state index in [0.717, 1.165) is 32.8 Å². The summed E-state index contributed by atoms with van der Waals surface area (Å²) in [6.07, 6.45) is 1.09. The number of anilines is 1. The van der Waals surface area contributed by atoms with Crippen molar-refractivity contribution in [3.05, 3.63) is 58.7 Å². The van der Waals surface area contributed by atoms with Crippen LogP contribution in [0.15, 0.2) is 36.4 Å². The molecule has 0 aromatic heterocycles. The Labute approximate surface area is 173 Å². The zero-order valence-electron chi connectivity index (χ0n) is 18.1. The number of amides is 1. The van der Waals surface area contributed by atoms with E-state index >= 15 is 0 Å². The van der Waals surface area contributed by atoms with Crippen LogP contribution in [0.1, 0.15) is 42.1 Å². The van der Waals surface area contributed by atoms with Crippen molar-refractivity contribution in [2.75, 3.05) is 17.7 Å². The topological polar surface area (TPSA) is 75.7 Å². The zero-order valence-corrected chi connectivity index (χ0v) is 18.9. The van der Waals surface area contributed by atoms with Gasteiger partial charge in [-0.1, -0.05) is 29.8 Å². The molecule has 1 N–H and O–H groups in total. The SMILES string of the molecule is COc1ccc(C)cc1N([C@H](C)C(=O)N[C@H](C)c1cc(C)ccc1C)S(C)(=O)=O. The Morgan fingerprint density at radius 2 is 1.62 bits per heavy atom. The highest BCUT2D eigenvalue weighted by atomic mass is 32.2. The Hall–Kier alpha value is -2.54. The van der Waals surface area contributed by atoms with E-state index in [0.29, 0.717) is 11.4 Å². The molecule has 2 aromatic carbocycles. The lowest BCUT2D eigenvalue weighted by molar-refractivity contribution is -0.122. The second-order valence-electron chi connectivity index (χ2n) is 7.50. The molecular weight excluding hydrogens is 388 g/mol. The predicted octanol–water partition coefficient (Wildman–Crippen LogP) is 3.65. The fourth-order valence-electron chi connectivity index (χ4n) is 3.39. The van der Waals surface area contributed by atoms with Gasteiger partial charge in [0.05, 0.1) is 25.1 Å². The van der Waals surface area contributed by atoms with Gasteiger partial charge in [0.1, 0.15) is 11.8 Å². The highest BCUT2D eigenvalue weighted by Crippen LogP contribution is 2.33. The Kier molecular flexibility index (Phi) is 6.95. The van der Waals surface area contributed by atoms with Gasteiger partial charge in [-0.3, -0.25) is 9.10 Å². The predicted molar refractivity (Wildman–Crippen MR) is 117 cm³/mol. The van der Waals surface area contributed by atoms with E-state index in [1.165, 1.54) is 7.11 Å². The highest BCUT2D eigenvalue weighted by molar-refractivity contribution is 7.92. The molecule has 2 aromatic rings. The number of hydrogen-bond donors (Lipinski definition) is 1. The zero-order chi connectivity index (χ0) is 21.9. The fourth-order valence-corrected chi connectivity index (χ4v) is 4.56. The maximum atomic E-state index is 13.0.